The average molecular weight is 552 g/mol. The van der Waals surface area contributed by atoms with Gasteiger partial charge in [-0.15, -0.1) is 24.8 Å². The van der Waals surface area contributed by atoms with Gasteiger partial charge in [0.1, 0.15) is 18.2 Å². The van der Waals surface area contributed by atoms with Crippen LogP contribution in [0.1, 0.15) is 42.5 Å². The van der Waals surface area contributed by atoms with E-state index >= 15 is 0 Å². The number of rotatable bonds is 7. The summed E-state index contributed by atoms with van der Waals surface area (Å²) < 4.78 is 34.0. The van der Waals surface area contributed by atoms with Gasteiger partial charge in [0.05, 0.1) is 17.5 Å². The number of sulfonamides is 1. The standard InChI is InChI=1S/C26H30N4O3S.2ClH/c1-2-34(31,32)30-24-10-9-23(33-16-22-4-3-11-29-22)14-21(24)15-25(30)18-7-5-17-6-8-19(26(27)28)13-20(17)12-18;;/h5-10,12-14,22,25,29H,2-4,11,15-16H2,1H3,(H3,27,28);2*1H/t22-,25+;;/m0../s1. The molecule has 194 valence electrons. The number of benzene rings is 3. The third-order valence-corrected chi connectivity index (χ3v) is 8.60. The topological polar surface area (TPSA) is 109 Å². The highest BCUT2D eigenvalue weighted by Crippen LogP contribution is 2.44. The van der Waals surface area contributed by atoms with Gasteiger partial charge in [0, 0.05) is 18.0 Å². The molecule has 0 aliphatic carbocycles. The molecule has 1 fully saturated rings. The van der Waals surface area contributed by atoms with Crippen molar-refractivity contribution < 1.29 is 13.2 Å². The summed E-state index contributed by atoms with van der Waals surface area (Å²) in [6, 6.07) is 17.4. The summed E-state index contributed by atoms with van der Waals surface area (Å²) in [4.78, 5) is 0. The number of nitrogens with two attached hydrogens (primary N) is 1. The van der Waals surface area contributed by atoms with E-state index in [0.717, 1.165) is 46.3 Å². The SMILES string of the molecule is CCS(=O)(=O)N1c2ccc(OC[C@@H]3CCCN3)cc2C[C@@H]1c1ccc2ccc(C(=N)N)cc2c1.Cl.Cl. The first-order valence-electron chi connectivity index (χ1n) is 11.7. The summed E-state index contributed by atoms with van der Waals surface area (Å²) in [5.74, 6) is 0.805. The molecule has 2 aliphatic rings. The summed E-state index contributed by atoms with van der Waals surface area (Å²) in [7, 11) is -3.49. The first kappa shape index (κ1) is 28.1. The fourth-order valence-corrected chi connectivity index (χ4v) is 6.30. The van der Waals surface area contributed by atoms with Crippen molar-refractivity contribution in [2.75, 3.05) is 23.2 Å². The Labute approximate surface area is 224 Å². The van der Waals surface area contributed by atoms with Gasteiger partial charge in [0.25, 0.3) is 0 Å². The lowest BCUT2D eigenvalue weighted by atomic mass is 9.98. The highest BCUT2D eigenvalue weighted by Gasteiger charge is 2.38. The van der Waals surface area contributed by atoms with E-state index in [-0.39, 0.29) is 42.4 Å². The highest BCUT2D eigenvalue weighted by atomic mass is 35.5. The number of anilines is 1. The van der Waals surface area contributed by atoms with Crippen molar-refractivity contribution in [3.8, 4) is 5.75 Å². The Kier molecular flexibility index (Phi) is 8.77. The largest absolute Gasteiger partial charge is 0.492 e. The first-order chi connectivity index (χ1) is 16.4. The minimum Gasteiger partial charge on any atom is -0.492 e. The van der Waals surface area contributed by atoms with Crippen LogP contribution in [-0.2, 0) is 16.4 Å². The summed E-state index contributed by atoms with van der Waals surface area (Å²) in [5.41, 5.74) is 8.93. The zero-order valence-corrected chi connectivity index (χ0v) is 22.5. The number of nitrogen functional groups attached to an aromatic ring is 1. The maximum atomic E-state index is 13.2. The number of halogens is 2. The van der Waals surface area contributed by atoms with Gasteiger partial charge in [-0.2, -0.15) is 0 Å². The Bertz CT molecular complexity index is 1360. The summed E-state index contributed by atoms with van der Waals surface area (Å²) in [5, 5.41) is 13.1. The molecular formula is C26H32Cl2N4O3S. The molecule has 0 spiro atoms. The van der Waals surface area contributed by atoms with Crippen LogP contribution in [0.4, 0.5) is 5.69 Å². The van der Waals surface area contributed by atoms with Gasteiger partial charge in [-0.25, -0.2) is 8.42 Å². The van der Waals surface area contributed by atoms with Crippen LogP contribution < -0.4 is 20.1 Å². The van der Waals surface area contributed by atoms with Crippen molar-refractivity contribution in [1.29, 1.82) is 5.41 Å². The lowest BCUT2D eigenvalue weighted by molar-refractivity contribution is 0.277. The average Bonchev–Trinajstić information content (AvgIpc) is 3.49. The van der Waals surface area contributed by atoms with Crippen molar-refractivity contribution in [2.24, 2.45) is 5.73 Å². The van der Waals surface area contributed by atoms with E-state index in [2.05, 4.69) is 5.32 Å². The van der Waals surface area contributed by atoms with Crippen LogP contribution >= 0.6 is 24.8 Å². The molecule has 2 heterocycles. The van der Waals surface area contributed by atoms with E-state index in [1.165, 1.54) is 6.42 Å². The quantitative estimate of drug-likeness (QED) is 0.295. The van der Waals surface area contributed by atoms with Gasteiger partial charge in [0.15, 0.2) is 0 Å². The van der Waals surface area contributed by atoms with Crippen molar-refractivity contribution in [3.63, 3.8) is 0 Å². The molecule has 0 unspecified atom stereocenters. The van der Waals surface area contributed by atoms with Gasteiger partial charge >= 0.3 is 0 Å². The fourth-order valence-electron chi connectivity index (χ4n) is 4.96. The van der Waals surface area contributed by atoms with Crippen molar-refractivity contribution in [2.45, 2.75) is 38.3 Å². The number of ether oxygens (including phenoxy) is 1. The fraction of sp³-hybridized carbons (Fsp3) is 0.346. The summed E-state index contributed by atoms with van der Waals surface area (Å²) >= 11 is 0. The van der Waals surface area contributed by atoms with Crippen molar-refractivity contribution in [3.05, 3.63) is 71.3 Å². The van der Waals surface area contributed by atoms with Gasteiger partial charge in [-0.05, 0) is 78.5 Å². The number of hydrogen-bond acceptors (Lipinski definition) is 5. The van der Waals surface area contributed by atoms with E-state index in [1.54, 1.807) is 11.2 Å². The molecule has 3 aromatic carbocycles. The van der Waals surface area contributed by atoms with Crippen LogP contribution in [0.5, 0.6) is 5.75 Å². The maximum absolute atomic E-state index is 13.2. The molecule has 7 nitrogen and oxygen atoms in total. The van der Waals surface area contributed by atoms with E-state index in [1.807, 2.05) is 54.6 Å². The number of fused-ring (bicyclic) bond motifs is 2. The minimum atomic E-state index is -3.49. The molecule has 10 heteroatoms. The van der Waals surface area contributed by atoms with Crippen LogP contribution in [0, 0.1) is 5.41 Å². The van der Waals surface area contributed by atoms with Crippen LogP contribution in [0.2, 0.25) is 0 Å². The first-order valence-corrected chi connectivity index (χ1v) is 13.4. The van der Waals surface area contributed by atoms with Gasteiger partial charge in [-0.3, -0.25) is 9.71 Å². The lowest BCUT2D eigenvalue weighted by Crippen LogP contribution is -2.33. The molecule has 2 atom stereocenters. The molecule has 0 saturated carbocycles. The zero-order valence-electron chi connectivity index (χ0n) is 20.1. The number of hydrogen-bond donors (Lipinski definition) is 3. The molecule has 1 saturated heterocycles. The van der Waals surface area contributed by atoms with Gasteiger partial charge < -0.3 is 15.8 Å². The second-order valence-electron chi connectivity index (χ2n) is 9.05. The Balaban J connectivity index is 0.00000180. The third-order valence-electron chi connectivity index (χ3n) is 6.82. The van der Waals surface area contributed by atoms with Gasteiger partial charge in [0.2, 0.25) is 10.0 Å². The second-order valence-corrected chi connectivity index (χ2v) is 11.2. The molecule has 0 amide bonds. The van der Waals surface area contributed by atoms with E-state index in [0.29, 0.717) is 24.6 Å². The van der Waals surface area contributed by atoms with E-state index in [4.69, 9.17) is 15.9 Å². The van der Waals surface area contributed by atoms with Gasteiger partial charge in [-0.1, -0.05) is 24.3 Å². The van der Waals surface area contributed by atoms with Crippen LogP contribution in [0.3, 0.4) is 0 Å². The zero-order chi connectivity index (χ0) is 23.9. The lowest BCUT2D eigenvalue weighted by Gasteiger charge is -2.27. The van der Waals surface area contributed by atoms with Crippen molar-refractivity contribution in [1.82, 2.24) is 5.32 Å². The molecule has 3 aromatic rings. The molecule has 4 N–H and O–H groups in total. The monoisotopic (exact) mass is 550 g/mol. The minimum absolute atomic E-state index is 0. The molecule has 0 radical (unpaired) electrons. The third kappa shape index (κ3) is 5.42. The molecule has 0 aromatic heterocycles. The number of amidine groups is 1. The summed E-state index contributed by atoms with van der Waals surface area (Å²) in [6.45, 7) is 3.32. The molecule has 2 aliphatic heterocycles. The predicted octanol–water partition coefficient (Wildman–Crippen LogP) is 4.55. The van der Waals surface area contributed by atoms with Crippen LogP contribution in [0.25, 0.3) is 10.8 Å². The Morgan fingerprint density at radius 1 is 1.11 bits per heavy atom. The summed E-state index contributed by atoms with van der Waals surface area (Å²) in [6.07, 6.45) is 2.86. The molecule has 5 rings (SSSR count). The van der Waals surface area contributed by atoms with Crippen LogP contribution in [0.15, 0.2) is 54.6 Å². The van der Waals surface area contributed by atoms with E-state index in [9.17, 15) is 8.42 Å². The number of nitrogens with one attached hydrogen (secondary N) is 2. The Morgan fingerprint density at radius 3 is 2.58 bits per heavy atom. The maximum Gasteiger partial charge on any atom is 0.235 e. The Morgan fingerprint density at radius 2 is 1.89 bits per heavy atom. The molecule has 36 heavy (non-hydrogen) atoms. The highest BCUT2D eigenvalue weighted by molar-refractivity contribution is 7.92. The Hall–Kier alpha value is -2.52. The second kappa shape index (κ2) is 11.3. The number of nitrogens with zero attached hydrogens (tertiary/aromatic N) is 1. The van der Waals surface area contributed by atoms with Crippen LogP contribution in [-0.4, -0.2) is 39.2 Å². The molecule has 0 bridgehead atoms. The normalized spacial score (nSPS) is 18.9. The predicted molar refractivity (Wildman–Crippen MR) is 151 cm³/mol. The molecular weight excluding hydrogens is 519 g/mol. The van der Waals surface area contributed by atoms with Crippen molar-refractivity contribution >= 4 is 57.1 Å². The smallest absolute Gasteiger partial charge is 0.235 e. The van der Waals surface area contributed by atoms with E-state index < -0.39 is 10.0 Å².